The summed E-state index contributed by atoms with van der Waals surface area (Å²) in [4.78, 5) is 23.0. The van der Waals surface area contributed by atoms with Crippen LogP contribution in [0.4, 0.5) is 0 Å². The zero-order valence-corrected chi connectivity index (χ0v) is 12.8. The van der Waals surface area contributed by atoms with E-state index in [0.717, 1.165) is 5.75 Å². The molecular weight excluding hydrogens is 309 g/mol. The molecule has 0 aliphatic heterocycles. The van der Waals surface area contributed by atoms with Crippen LogP contribution in [-0.2, 0) is 14.3 Å². The fraction of sp³-hybridized carbons (Fsp3) is 0.800. The van der Waals surface area contributed by atoms with Crippen LogP contribution in [0.1, 0.15) is 6.42 Å². The molecule has 0 aromatic rings. The van der Waals surface area contributed by atoms with E-state index in [2.05, 4.69) is 10.1 Å². The molecule has 0 aromatic carbocycles. The molecular formula is C10H19NO4SSe. The van der Waals surface area contributed by atoms with E-state index in [4.69, 9.17) is 0 Å². The summed E-state index contributed by atoms with van der Waals surface area (Å²) in [6.45, 7) is 0. The SMILES string of the molecule is COC(=O)[C@H](CCSC)NC(=O)C(O)C[Se]C. The molecule has 2 N–H and O–H groups in total. The second-order valence-electron chi connectivity index (χ2n) is 3.34. The fourth-order valence-electron chi connectivity index (χ4n) is 1.13. The van der Waals surface area contributed by atoms with Crippen molar-refractivity contribution in [3.63, 3.8) is 0 Å². The molecule has 1 amide bonds. The van der Waals surface area contributed by atoms with Gasteiger partial charge in [-0.05, 0) is 0 Å². The second kappa shape index (κ2) is 9.76. The van der Waals surface area contributed by atoms with Crippen molar-refractivity contribution in [2.45, 2.75) is 29.7 Å². The molecule has 0 heterocycles. The monoisotopic (exact) mass is 329 g/mol. The molecule has 0 bridgehead atoms. The summed E-state index contributed by atoms with van der Waals surface area (Å²) in [5.74, 6) is 1.72. The molecule has 2 atom stereocenters. The summed E-state index contributed by atoms with van der Waals surface area (Å²) in [6.07, 6.45) is 1.40. The number of ether oxygens (including phenoxy) is 1. The Kier molecular flexibility index (Phi) is 9.63. The zero-order chi connectivity index (χ0) is 13.3. The molecule has 0 spiro atoms. The van der Waals surface area contributed by atoms with E-state index < -0.39 is 24.0 Å². The molecule has 0 aromatic heterocycles. The van der Waals surface area contributed by atoms with E-state index in [1.807, 2.05) is 12.1 Å². The van der Waals surface area contributed by atoms with Crippen molar-refractivity contribution in [1.82, 2.24) is 5.32 Å². The number of aliphatic hydroxyl groups excluding tert-OH is 1. The normalized spacial score (nSPS) is 13.9. The Hall–Kier alpha value is -0.231. The van der Waals surface area contributed by atoms with Crippen molar-refractivity contribution in [2.24, 2.45) is 0 Å². The number of carbonyl (C=O) groups excluding carboxylic acids is 2. The van der Waals surface area contributed by atoms with E-state index in [-0.39, 0.29) is 15.0 Å². The van der Waals surface area contributed by atoms with Gasteiger partial charge in [-0.1, -0.05) is 0 Å². The number of amides is 1. The number of methoxy groups -OCH3 is 1. The predicted molar refractivity (Wildman–Crippen MR) is 69.4 cm³/mol. The van der Waals surface area contributed by atoms with Crippen LogP contribution >= 0.6 is 11.8 Å². The molecule has 0 saturated carbocycles. The van der Waals surface area contributed by atoms with E-state index in [1.54, 1.807) is 11.8 Å². The molecule has 7 heteroatoms. The molecule has 0 saturated heterocycles. The van der Waals surface area contributed by atoms with Gasteiger partial charge >= 0.3 is 112 Å². The molecule has 0 fully saturated rings. The minimum absolute atomic E-state index is 0.219. The zero-order valence-electron chi connectivity index (χ0n) is 10.3. The first-order chi connectivity index (χ1) is 8.06. The quantitative estimate of drug-likeness (QED) is 0.482. The molecule has 17 heavy (non-hydrogen) atoms. The predicted octanol–water partition coefficient (Wildman–Crippen LogP) is -0.0712. The van der Waals surface area contributed by atoms with Crippen LogP contribution in [0.2, 0.25) is 11.1 Å². The maximum absolute atomic E-state index is 11.6. The Labute approximate surface area is 112 Å². The molecule has 5 nitrogen and oxygen atoms in total. The van der Waals surface area contributed by atoms with Gasteiger partial charge in [-0.2, -0.15) is 0 Å². The number of esters is 1. The Morgan fingerprint density at radius 2 is 2.18 bits per heavy atom. The van der Waals surface area contributed by atoms with E-state index >= 15 is 0 Å². The van der Waals surface area contributed by atoms with Crippen molar-refractivity contribution in [2.75, 3.05) is 19.1 Å². The summed E-state index contributed by atoms with van der Waals surface area (Å²) in [5, 5.41) is 12.5. The van der Waals surface area contributed by atoms with Gasteiger partial charge in [0.1, 0.15) is 0 Å². The number of hydrogen-bond donors (Lipinski definition) is 2. The topological polar surface area (TPSA) is 75.6 Å². The van der Waals surface area contributed by atoms with E-state index in [0.29, 0.717) is 11.7 Å². The van der Waals surface area contributed by atoms with Crippen LogP contribution in [-0.4, -0.2) is 63.2 Å². The summed E-state index contributed by atoms with van der Waals surface area (Å²) < 4.78 is 4.61. The average molecular weight is 328 g/mol. The Morgan fingerprint density at radius 1 is 1.53 bits per heavy atom. The maximum atomic E-state index is 11.6. The van der Waals surface area contributed by atoms with Crippen LogP contribution in [0, 0.1) is 0 Å². The molecule has 0 aliphatic carbocycles. The number of aliphatic hydroxyl groups is 1. The number of thioether (sulfide) groups is 1. The van der Waals surface area contributed by atoms with Crippen LogP contribution in [0.3, 0.4) is 0 Å². The van der Waals surface area contributed by atoms with Gasteiger partial charge in [0, 0.05) is 0 Å². The van der Waals surface area contributed by atoms with Gasteiger partial charge in [0.05, 0.1) is 0 Å². The third-order valence-corrected chi connectivity index (χ3v) is 4.05. The molecule has 0 rings (SSSR count). The second-order valence-corrected chi connectivity index (χ2v) is 6.23. The van der Waals surface area contributed by atoms with Crippen LogP contribution < -0.4 is 5.32 Å². The summed E-state index contributed by atoms with van der Waals surface area (Å²) in [5.41, 5.74) is 0. The van der Waals surface area contributed by atoms with Gasteiger partial charge in [-0.15, -0.1) is 0 Å². The van der Waals surface area contributed by atoms with Gasteiger partial charge < -0.3 is 0 Å². The van der Waals surface area contributed by atoms with Gasteiger partial charge in [-0.3, -0.25) is 0 Å². The Balaban J connectivity index is 4.31. The Bertz CT molecular complexity index is 252. The number of carbonyl (C=O) groups is 2. The number of rotatable bonds is 8. The van der Waals surface area contributed by atoms with E-state index in [9.17, 15) is 14.7 Å². The van der Waals surface area contributed by atoms with E-state index in [1.165, 1.54) is 7.11 Å². The van der Waals surface area contributed by atoms with Gasteiger partial charge in [-0.25, -0.2) is 0 Å². The van der Waals surface area contributed by atoms with Crippen molar-refractivity contribution < 1.29 is 19.4 Å². The van der Waals surface area contributed by atoms with Crippen molar-refractivity contribution >= 4 is 38.6 Å². The third-order valence-electron chi connectivity index (χ3n) is 2.04. The molecule has 100 valence electrons. The van der Waals surface area contributed by atoms with Gasteiger partial charge in [0.2, 0.25) is 0 Å². The average Bonchev–Trinajstić information content (AvgIpc) is 2.33. The first-order valence-corrected chi connectivity index (χ1v) is 9.42. The number of hydrogen-bond acceptors (Lipinski definition) is 5. The van der Waals surface area contributed by atoms with Crippen molar-refractivity contribution in [3.8, 4) is 0 Å². The van der Waals surface area contributed by atoms with Crippen molar-refractivity contribution in [3.05, 3.63) is 0 Å². The summed E-state index contributed by atoms with van der Waals surface area (Å²) in [6, 6.07) is -0.668. The van der Waals surface area contributed by atoms with Gasteiger partial charge in [0.25, 0.3) is 0 Å². The summed E-state index contributed by atoms with van der Waals surface area (Å²) >= 11 is 1.80. The van der Waals surface area contributed by atoms with Crippen LogP contribution in [0.25, 0.3) is 0 Å². The standard InChI is InChI=1S/C10H19NO4SSe/c1-15-10(14)7(4-5-16-2)11-9(13)8(12)6-17-3/h7-8,12H,4-6H2,1-3H3,(H,11,13)/t7-,8?/m0/s1. The molecule has 0 radical (unpaired) electrons. The minimum atomic E-state index is -1.03. The fourth-order valence-corrected chi connectivity index (χ4v) is 2.58. The van der Waals surface area contributed by atoms with Gasteiger partial charge in [0.15, 0.2) is 0 Å². The molecule has 0 aliphatic rings. The third kappa shape index (κ3) is 6.93. The van der Waals surface area contributed by atoms with Crippen LogP contribution in [0.5, 0.6) is 0 Å². The first kappa shape index (κ1) is 16.8. The summed E-state index contributed by atoms with van der Waals surface area (Å²) in [7, 11) is 1.28. The number of nitrogens with one attached hydrogen (secondary N) is 1. The van der Waals surface area contributed by atoms with Crippen LogP contribution in [0.15, 0.2) is 0 Å². The van der Waals surface area contributed by atoms with Crippen molar-refractivity contribution in [1.29, 1.82) is 0 Å². The first-order valence-electron chi connectivity index (χ1n) is 5.11. The molecule has 1 unspecified atom stereocenters. The Morgan fingerprint density at radius 3 is 2.65 bits per heavy atom.